The SMILES string of the molecule is NC1CC2CCCC(C1)C2NC(=O)c1ccc(OCC(F)(F)F)nc1. The van der Waals surface area contributed by atoms with Gasteiger partial charge in [-0.3, -0.25) is 4.79 Å². The van der Waals surface area contributed by atoms with Crippen LogP contribution in [-0.4, -0.2) is 35.8 Å². The van der Waals surface area contributed by atoms with Gasteiger partial charge in [0.05, 0.1) is 5.56 Å². The van der Waals surface area contributed by atoms with Gasteiger partial charge < -0.3 is 15.8 Å². The van der Waals surface area contributed by atoms with E-state index >= 15 is 0 Å². The van der Waals surface area contributed by atoms with Gasteiger partial charge in [0.2, 0.25) is 5.88 Å². The second-order valence-corrected chi connectivity index (χ2v) is 6.97. The molecule has 2 aliphatic rings. The van der Waals surface area contributed by atoms with Crippen LogP contribution < -0.4 is 15.8 Å². The highest BCUT2D eigenvalue weighted by Gasteiger charge is 2.40. The first kappa shape index (κ1) is 18.0. The zero-order valence-corrected chi connectivity index (χ0v) is 13.8. The van der Waals surface area contributed by atoms with E-state index in [4.69, 9.17) is 5.73 Å². The molecule has 5 nitrogen and oxygen atoms in total. The molecule has 1 aromatic heterocycles. The van der Waals surface area contributed by atoms with Gasteiger partial charge in [-0.25, -0.2) is 4.98 Å². The fourth-order valence-corrected chi connectivity index (χ4v) is 4.02. The lowest BCUT2D eigenvalue weighted by atomic mass is 9.67. The molecule has 1 heterocycles. The summed E-state index contributed by atoms with van der Waals surface area (Å²) in [6, 6.07) is 3.02. The standard InChI is InChI=1S/C17H22F3N3O2/c18-17(19,20)9-25-14-5-4-12(8-22-14)16(24)23-15-10-2-1-3-11(15)7-13(21)6-10/h4-5,8,10-11,13,15H,1-3,6-7,9,21H2,(H,23,24). The van der Waals surface area contributed by atoms with E-state index in [0.29, 0.717) is 17.4 Å². The van der Waals surface area contributed by atoms with Crippen LogP contribution in [0.1, 0.15) is 42.5 Å². The number of rotatable bonds is 4. The normalized spacial score (nSPS) is 29.1. The summed E-state index contributed by atoms with van der Waals surface area (Å²) in [5.41, 5.74) is 6.40. The maximum absolute atomic E-state index is 12.5. The Labute approximate surface area is 144 Å². The van der Waals surface area contributed by atoms with Crippen molar-refractivity contribution in [2.75, 3.05) is 6.61 Å². The van der Waals surface area contributed by atoms with E-state index in [0.717, 1.165) is 25.7 Å². The number of alkyl halides is 3. The average molecular weight is 357 g/mol. The molecule has 0 aliphatic heterocycles. The molecule has 2 bridgehead atoms. The number of carbonyl (C=O) groups excluding carboxylic acids is 1. The summed E-state index contributed by atoms with van der Waals surface area (Å²) in [6.07, 6.45) is 1.97. The van der Waals surface area contributed by atoms with Crippen LogP contribution in [0.15, 0.2) is 18.3 Å². The predicted octanol–water partition coefficient (Wildman–Crippen LogP) is 2.66. The third-order valence-corrected chi connectivity index (χ3v) is 5.06. The van der Waals surface area contributed by atoms with Gasteiger partial charge in [-0.15, -0.1) is 0 Å². The Hall–Kier alpha value is -1.83. The number of hydrogen-bond donors (Lipinski definition) is 2. The quantitative estimate of drug-likeness (QED) is 0.869. The Morgan fingerprint density at radius 1 is 1.28 bits per heavy atom. The second kappa shape index (κ2) is 7.19. The topological polar surface area (TPSA) is 77.2 Å². The van der Waals surface area contributed by atoms with Crippen LogP contribution in [0.25, 0.3) is 0 Å². The lowest BCUT2D eigenvalue weighted by Crippen LogP contribution is -2.53. The molecule has 2 aliphatic carbocycles. The van der Waals surface area contributed by atoms with Crippen molar-refractivity contribution in [2.24, 2.45) is 17.6 Å². The maximum atomic E-state index is 12.5. The van der Waals surface area contributed by atoms with Crippen molar-refractivity contribution in [1.29, 1.82) is 0 Å². The number of aromatic nitrogens is 1. The van der Waals surface area contributed by atoms with E-state index in [1.807, 2.05) is 0 Å². The Balaban J connectivity index is 1.60. The number of pyridine rings is 1. The summed E-state index contributed by atoms with van der Waals surface area (Å²) in [5, 5.41) is 3.08. The van der Waals surface area contributed by atoms with Gasteiger partial charge in [-0.1, -0.05) is 6.42 Å². The summed E-state index contributed by atoms with van der Waals surface area (Å²) in [5.74, 6) is 0.379. The largest absolute Gasteiger partial charge is 0.468 e. The van der Waals surface area contributed by atoms with Crippen LogP contribution in [0.2, 0.25) is 0 Å². The molecule has 2 saturated carbocycles. The van der Waals surface area contributed by atoms with Gasteiger partial charge in [0.25, 0.3) is 5.91 Å². The fraction of sp³-hybridized carbons (Fsp3) is 0.647. The van der Waals surface area contributed by atoms with Crippen molar-refractivity contribution < 1.29 is 22.7 Å². The predicted molar refractivity (Wildman–Crippen MR) is 85.1 cm³/mol. The van der Waals surface area contributed by atoms with Crippen LogP contribution in [0.5, 0.6) is 5.88 Å². The number of amides is 1. The number of hydrogen-bond acceptors (Lipinski definition) is 4. The van der Waals surface area contributed by atoms with Crippen LogP contribution in [0.4, 0.5) is 13.2 Å². The van der Waals surface area contributed by atoms with Crippen LogP contribution in [-0.2, 0) is 0 Å². The molecule has 2 unspecified atom stereocenters. The Kier molecular flexibility index (Phi) is 5.17. The third kappa shape index (κ3) is 4.62. The lowest BCUT2D eigenvalue weighted by molar-refractivity contribution is -0.154. The number of halogens is 3. The number of fused-ring (bicyclic) bond motifs is 2. The minimum Gasteiger partial charge on any atom is -0.468 e. The summed E-state index contributed by atoms with van der Waals surface area (Å²) >= 11 is 0. The minimum absolute atomic E-state index is 0.113. The third-order valence-electron chi connectivity index (χ3n) is 5.06. The molecule has 3 rings (SSSR count). The first-order valence-electron chi connectivity index (χ1n) is 8.54. The number of carbonyl (C=O) groups is 1. The average Bonchev–Trinajstić information content (AvgIpc) is 2.53. The number of nitrogens with two attached hydrogens (primary N) is 1. The minimum atomic E-state index is -4.42. The molecule has 0 spiro atoms. The number of nitrogens with one attached hydrogen (secondary N) is 1. The van der Waals surface area contributed by atoms with E-state index < -0.39 is 12.8 Å². The molecule has 138 valence electrons. The zero-order chi connectivity index (χ0) is 18.0. The monoisotopic (exact) mass is 357 g/mol. The molecular formula is C17H22F3N3O2. The molecule has 25 heavy (non-hydrogen) atoms. The molecule has 3 N–H and O–H groups in total. The van der Waals surface area contributed by atoms with Gasteiger partial charge in [-0.2, -0.15) is 13.2 Å². The molecule has 0 radical (unpaired) electrons. The highest BCUT2D eigenvalue weighted by atomic mass is 19.4. The van der Waals surface area contributed by atoms with Gasteiger partial charge in [-0.05, 0) is 43.6 Å². The van der Waals surface area contributed by atoms with Crippen LogP contribution >= 0.6 is 0 Å². The summed E-state index contributed by atoms with van der Waals surface area (Å²) in [7, 11) is 0. The van der Waals surface area contributed by atoms with Crippen LogP contribution in [0.3, 0.4) is 0 Å². The maximum Gasteiger partial charge on any atom is 0.422 e. The molecule has 8 heteroatoms. The zero-order valence-electron chi connectivity index (χ0n) is 13.8. The Bertz CT molecular complexity index is 592. The first-order chi connectivity index (χ1) is 11.8. The van der Waals surface area contributed by atoms with Gasteiger partial charge >= 0.3 is 6.18 Å². The summed E-state index contributed by atoms with van der Waals surface area (Å²) in [6.45, 7) is -1.41. The van der Waals surface area contributed by atoms with Crippen molar-refractivity contribution >= 4 is 5.91 Å². The van der Waals surface area contributed by atoms with Crippen molar-refractivity contribution in [1.82, 2.24) is 10.3 Å². The van der Waals surface area contributed by atoms with Crippen molar-refractivity contribution in [2.45, 2.75) is 50.4 Å². The van der Waals surface area contributed by atoms with E-state index in [2.05, 4.69) is 15.0 Å². The molecule has 1 aromatic rings. The van der Waals surface area contributed by atoms with Crippen molar-refractivity contribution in [3.63, 3.8) is 0 Å². The second-order valence-electron chi connectivity index (χ2n) is 6.97. The van der Waals surface area contributed by atoms with E-state index in [1.165, 1.54) is 24.8 Å². The van der Waals surface area contributed by atoms with E-state index in [9.17, 15) is 18.0 Å². The Morgan fingerprint density at radius 3 is 2.52 bits per heavy atom. The molecule has 2 atom stereocenters. The fourth-order valence-electron chi connectivity index (χ4n) is 4.02. The summed E-state index contributed by atoms with van der Waals surface area (Å²) < 4.78 is 40.9. The molecule has 2 fully saturated rings. The number of ether oxygens (including phenoxy) is 1. The molecule has 0 aromatic carbocycles. The first-order valence-corrected chi connectivity index (χ1v) is 8.54. The molecular weight excluding hydrogens is 335 g/mol. The van der Waals surface area contributed by atoms with Crippen LogP contribution in [0, 0.1) is 11.8 Å². The smallest absolute Gasteiger partial charge is 0.422 e. The van der Waals surface area contributed by atoms with Gasteiger partial charge in [0.15, 0.2) is 6.61 Å². The highest BCUT2D eigenvalue weighted by Crippen LogP contribution is 2.39. The van der Waals surface area contributed by atoms with Gasteiger partial charge in [0.1, 0.15) is 0 Å². The lowest BCUT2D eigenvalue weighted by Gasteiger charge is -2.45. The molecule has 0 saturated heterocycles. The number of nitrogens with zero attached hydrogens (tertiary/aromatic N) is 1. The molecule has 1 amide bonds. The summed E-state index contributed by atoms with van der Waals surface area (Å²) in [4.78, 5) is 16.2. The van der Waals surface area contributed by atoms with Gasteiger partial charge in [0, 0.05) is 24.3 Å². The highest BCUT2D eigenvalue weighted by molar-refractivity contribution is 5.94. The Morgan fingerprint density at radius 2 is 1.96 bits per heavy atom. The van der Waals surface area contributed by atoms with E-state index in [-0.39, 0.29) is 23.9 Å². The van der Waals surface area contributed by atoms with E-state index in [1.54, 1.807) is 0 Å². The van der Waals surface area contributed by atoms with Crippen molar-refractivity contribution in [3.05, 3.63) is 23.9 Å². The van der Waals surface area contributed by atoms with Crippen molar-refractivity contribution in [3.8, 4) is 5.88 Å².